The molecule has 1 heterocycles. The molecule has 0 aliphatic carbocycles. The van der Waals surface area contributed by atoms with E-state index >= 15 is 0 Å². The van der Waals surface area contributed by atoms with Gasteiger partial charge in [0.2, 0.25) is 5.91 Å². The molecule has 2 aromatic rings. The average Bonchev–Trinajstić information content (AvgIpc) is 2.85. The molecule has 7 heteroatoms. The highest BCUT2D eigenvalue weighted by Crippen LogP contribution is 2.19. The van der Waals surface area contributed by atoms with Crippen LogP contribution in [0.25, 0.3) is 0 Å². The normalized spacial score (nSPS) is 12.1. The van der Waals surface area contributed by atoms with Crippen LogP contribution in [-0.2, 0) is 4.79 Å². The van der Waals surface area contributed by atoms with Crippen LogP contribution in [0.4, 0.5) is 10.1 Å². The number of thioether (sulfide) groups is 1. The molecule has 0 radical (unpaired) electrons. The molecule has 0 bridgehead atoms. The Morgan fingerprint density at radius 1 is 1.44 bits per heavy atom. The fourth-order valence-electron chi connectivity index (χ4n) is 1.25. The predicted molar refractivity (Wildman–Crippen MR) is 66.7 cm³/mol. The van der Waals surface area contributed by atoms with Crippen LogP contribution in [0.2, 0.25) is 0 Å². The molecule has 2 rings (SSSR count). The van der Waals surface area contributed by atoms with E-state index in [2.05, 4.69) is 20.5 Å². The molecule has 2 N–H and O–H groups in total. The lowest BCUT2D eigenvalue weighted by atomic mass is 10.3. The van der Waals surface area contributed by atoms with Crippen molar-refractivity contribution in [3.05, 3.63) is 36.4 Å². The number of aromatic nitrogens is 3. The van der Waals surface area contributed by atoms with E-state index in [0.717, 1.165) is 0 Å². The second-order valence-corrected chi connectivity index (χ2v) is 4.88. The monoisotopic (exact) mass is 266 g/mol. The Labute approximate surface area is 107 Å². The molecule has 0 fully saturated rings. The molecule has 1 atom stereocenters. The van der Waals surface area contributed by atoms with Crippen molar-refractivity contribution in [2.45, 2.75) is 17.3 Å². The molecule has 1 aromatic carbocycles. The molecule has 0 saturated carbocycles. The minimum atomic E-state index is -0.336. The van der Waals surface area contributed by atoms with Crippen LogP contribution < -0.4 is 5.32 Å². The summed E-state index contributed by atoms with van der Waals surface area (Å²) in [6.45, 7) is 1.76. The fraction of sp³-hybridized carbons (Fsp3) is 0.182. The third kappa shape index (κ3) is 3.30. The third-order valence-corrected chi connectivity index (χ3v) is 3.15. The molecular weight excluding hydrogens is 255 g/mol. The molecule has 94 valence electrons. The number of hydrogen-bond donors (Lipinski definition) is 2. The summed E-state index contributed by atoms with van der Waals surface area (Å²) >= 11 is 1.27. The van der Waals surface area contributed by atoms with E-state index in [4.69, 9.17) is 0 Å². The van der Waals surface area contributed by atoms with E-state index in [1.54, 1.807) is 6.92 Å². The van der Waals surface area contributed by atoms with Crippen LogP contribution in [-0.4, -0.2) is 26.3 Å². The zero-order valence-electron chi connectivity index (χ0n) is 9.55. The van der Waals surface area contributed by atoms with E-state index in [0.29, 0.717) is 10.8 Å². The fourth-order valence-corrected chi connectivity index (χ4v) is 1.96. The first-order valence-electron chi connectivity index (χ1n) is 5.23. The zero-order valence-corrected chi connectivity index (χ0v) is 10.4. The standard InChI is InChI=1S/C11H11FN4OS/c1-7(18-11-13-6-14-16-11)10(17)15-9-4-2-8(12)3-5-9/h2-7H,1H3,(H,15,17)(H,13,14,16)/t7-/m0/s1. The SMILES string of the molecule is C[C@H](Sc1ncn[nH]1)C(=O)Nc1ccc(F)cc1. The van der Waals surface area contributed by atoms with Crippen LogP contribution in [0.1, 0.15) is 6.92 Å². The van der Waals surface area contributed by atoms with Crippen molar-refractivity contribution in [2.24, 2.45) is 0 Å². The van der Waals surface area contributed by atoms with Crippen LogP contribution in [0.3, 0.4) is 0 Å². The van der Waals surface area contributed by atoms with Crippen molar-refractivity contribution in [1.82, 2.24) is 15.2 Å². The lowest BCUT2D eigenvalue weighted by molar-refractivity contribution is -0.115. The number of H-pyrrole nitrogens is 1. The van der Waals surface area contributed by atoms with Gasteiger partial charge in [0.25, 0.3) is 0 Å². The number of carbonyl (C=O) groups is 1. The predicted octanol–water partition coefficient (Wildman–Crippen LogP) is 2.06. The van der Waals surface area contributed by atoms with Crippen molar-refractivity contribution in [3.63, 3.8) is 0 Å². The van der Waals surface area contributed by atoms with Crippen LogP contribution >= 0.6 is 11.8 Å². The van der Waals surface area contributed by atoms with Gasteiger partial charge in [-0.3, -0.25) is 9.89 Å². The largest absolute Gasteiger partial charge is 0.325 e. The first-order chi connectivity index (χ1) is 8.65. The van der Waals surface area contributed by atoms with Crippen molar-refractivity contribution in [3.8, 4) is 0 Å². The number of amides is 1. The highest BCUT2D eigenvalue weighted by molar-refractivity contribution is 8.00. The third-order valence-electron chi connectivity index (χ3n) is 2.16. The molecule has 0 aliphatic heterocycles. The summed E-state index contributed by atoms with van der Waals surface area (Å²) < 4.78 is 12.7. The van der Waals surface area contributed by atoms with E-state index in [-0.39, 0.29) is 17.0 Å². The summed E-state index contributed by atoms with van der Waals surface area (Å²) in [6.07, 6.45) is 1.38. The van der Waals surface area contributed by atoms with Gasteiger partial charge in [-0.2, -0.15) is 5.10 Å². The van der Waals surface area contributed by atoms with Gasteiger partial charge in [-0.05, 0) is 31.2 Å². The Hall–Kier alpha value is -1.89. The number of halogens is 1. The first-order valence-corrected chi connectivity index (χ1v) is 6.11. The van der Waals surface area contributed by atoms with E-state index in [1.165, 1.54) is 42.4 Å². The minimum Gasteiger partial charge on any atom is -0.325 e. The quantitative estimate of drug-likeness (QED) is 0.831. The van der Waals surface area contributed by atoms with Gasteiger partial charge in [-0.25, -0.2) is 9.37 Å². The molecule has 18 heavy (non-hydrogen) atoms. The van der Waals surface area contributed by atoms with Crippen LogP contribution in [0.15, 0.2) is 35.7 Å². The number of carbonyl (C=O) groups excluding carboxylic acids is 1. The Morgan fingerprint density at radius 2 is 2.17 bits per heavy atom. The maximum Gasteiger partial charge on any atom is 0.237 e. The van der Waals surface area contributed by atoms with Gasteiger partial charge in [0.15, 0.2) is 5.16 Å². The number of benzene rings is 1. The first kappa shape index (κ1) is 12.6. The van der Waals surface area contributed by atoms with Gasteiger partial charge in [-0.15, -0.1) is 0 Å². The number of rotatable bonds is 4. The summed E-state index contributed by atoms with van der Waals surface area (Å²) in [4.78, 5) is 15.8. The van der Waals surface area contributed by atoms with Crippen molar-refractivity contribution >= 4 is 23.4 Å². The summed E-state index contributed by atoms with van der Waals surface area (Å²) in [7, 11) is 0. The van der Waals surface area contributed by atoms with Crippen molar-refractivity contribution < 1.29 is 9.18 Å². The second kappa shape index (κ2) is 5.63. The van der Waals surface area contributed by atoms with Crippen LogP contribution in [0, 0.1) is 5.82 Å². The average molecular weight is 266 g/mol. The van der Waals surface area contributed by atoms with E-state index in [1.807, 2.05) is 0 Å². The lowest BCUT2D eigenvalue weighted by Crippen LogP contribution is -2.22. The maximum atomic E-state index is 12.7. The Balaban J connectivity index is 1.93. The topological polar surface area (TPSA) is 70.7 Å². The smallest absolute Gasteiger partial charge is 0.237 e. The molecule has 1 aromatic heterocycles. The van der Waals surface area contributed by atoms with E-state index < -0.39 is 0 Å². The maximum absolute atomic E-state index is 12.7. The van der Waals surface area contributed by atoms with Gasteiger partial charge in [-0.1, -0.05) is 11.8 Å². The van der Waals surface area contributed by atoms with Gasteiger partial charge < -0.3 is 5.32 Å². The molecule has 1 amide bonds. The van der Waals surface area contributed by atoms with Crippen LogP contribution in [0.5, 0.6) is 0 Å². The zero-order chi connectivity index (χ0) is 13.0. The minimum absolute atomic E-state index is 0.178. The number of nitrogens with one attached hydrogen (secondary N) is 2. The van der Waals surface area contributed by atoms with E-state index in [9.17, 15) is 9.18 Å². The molecule has 0 spiro atoms. The van der Waals surface area contributed by atoms with Gasteiger partial charge in [0.05, 0.1) is 5.25 Å². The Morgan fingerprint density at radius 3 is 2.78 bits per heavy atom. The lowest BCUT2D eigenvalue weighted by Gasteiger charge is -2.10. The number of nitrogens with zero attached hydrogens (tertiary/aromatic N) is 2. The summed E-state index contributed by atoms with van der Waals surface area (Å²) in [5.41, 5.74) is 0.561. The molecule has 0 unspecified atom stereocenters. The number of aromatic amines is 1. The van der Waals surface area contributed by atoms with Gasteiger partial charge in [0.1, 0.15) is 12.1 Å². The number of anilines is 1. The highest BCUT2D eigenvalue weighted by Gasteiger charge is 2.15. The van der Waals surface area contributed by atoms with Gasteiger partial charge in [0, 0.05) is 5.69 Å². The van der Waals surface area contributed by atoms with Gasteiger partial charge >= 0.3 is 0 Å². The van der Waals surface area contributed by atoms with Crippen molar-refractivity contribution in [2.75, 3.05) is 5.32 Å². The molecule has 0 saturated heterocycles. The number of hydrogen-bond acceptors (Lipinski definition) is 4. The summed E-state index contributed by atoms with van der Waals surface area (Å²) in [5, 5.41) is 9.31. The summed E-state index contributed by atoms with van der Waals surface area (Å²) in [5.74, 6) is -0.514. The highest BCUT2D eigenvalue weighted by atomic mass is 32.2. The molecular formula is C11H11FN4OS. The van der Waals surface area contributed by atoms with Crippen molar-refractivity contribution in [1.29, 1.82) is 0 Å². The Kier molecular flexibility index (Phi) is 3.93. The second-order valence-electron chi connectivity index (χ2n) is 3.55. The Bertz CT molecular complexity index is 514. The molecule has 5 nitrogen and oxygen atoms in total. The molecule has 0 aliphatic rings. The summed E-state index contributed by atoms with van der Waals surface area (Å²) in [6, 6.07) is 5.62.